The van der Waals surface area contributed by atoms with E-state index in [2.05, 4.69) is 294 Å². The highest BCUT2D eigenvalue weighted by Crippen LogP contribution is 2.53. The second-order valence-corrected chi connectivity index (χ2v) is 28.1. The fourth-order valence-corrected chi connectivity index (χ4v) is 13.2. The van der Waals surface area contributed by atoms with Gasteiger partial charge in [-0.1, -0.05) is 235 Å². The van der Waals surface area contributed by atoms with Crippen LogP contribution in [0.15, 0.2) is 193 Å². The van der Waals surface area contributed by atoms with Gasteiger partial charge in [-0.25, -0.2) is 4.79 Å². The van der Waals surface area contributed by atoms with Crippen molar-refractivity contribution in [3.8, 4) is 39.5 Å². The lowest BCUT2D eigenvalue weighted by Gasteiger charge is -2.29. The summed E-state index contributed by atoms with van der Waals surface area (Å²) in [5.41, 5.74) is 23.2. The number of benzene rings is 9. The van der Waals surface area contributed by atoms with Crippen LogP contribution in [0.3, 0.4) is 0 Å². The van der Waals surface area contributed by atoms with Gasteiger partial charge in [0.25, 0.3) is 0 Å². The summed E-state index contributed by atoms with van der Waals surface area (Å²) in [7, 11) is 0. The van der Waals surface area contributed by atoms with E-state index < -0.39 is 11.4 Å². The van der Waals surface area contributed by atoms with Crippen molar-refractivity contribution in [2.45, 2.75) is 106 Å². The lowest BCUT2D eigenvalue weighted by atomic mass is 9.80. The molecule has 0 spiro atoms. The van der Waals surface area contributed by atoms with Crippen molar-refractivity contribution in [3.05, 3.63) is 260 Å². The Kier molecular flexibility index (Phi) is 17.8. The maximum absolute atomic E-state index is 11.8. The minimum Gasteiger partial charge on any atom is -0.493 e. The lowest BCUT2D eigenvalue weighted by Crippen LogP contribution is -2.24. The first-order chi connectivity index (χ1) is 44.6. The zero-order valence-electron chi connectivity index (χ0n) is 56.0. The van der Waals surface area contributed by atoms with Crippen LogP contribution in [0.25, 0.3) is 64.8 Å². The third-order valence-electron chi connectivity index (χ3n) is 18.6. The summed E-state index contributed by atoms with van der Waals surface area (Å²) in [6.45, 7) is 28.4. The van der Waals surface area contributed by atoms with Crippen molar-refractivity contribution in [2.75, 3.05) is 24.7 Å². The SMILES string of the molecule is CC(C)CCOc1cc(/C=C/c2ccc(/C=C/c3ccc(/C=C/C4=Nc5ccc(C(=O)O)cc5C4(C)C)cc3OCC(C)C)cc2OCC(C)C)ccc1/C=C/c1ccc(N(c2ccc3c(c2)-c2ccccc2C3(C)C)c2ccc3c(c2)C(C)(C)c2ccccc2-3)cc1. The van der Waals surface area contributed by atoms with Gasteiger partial charge in [-0.05, 0) is 175 Å². The average molecular weight is 1230 g/mol. The van der Waals surface area contributed by atoms with E-state index in [4.69, 9.17) is 19.2 Å². The molecule has 12 rings (SSSR count). The van der Waals surface area contributed by atoms with E-state index in [0.717, 1.165) is 96.6 Å². The molecule has 470 valence electrons. The summed E-state index contributed by atoms with van der Waals surface area (Å²) in [6.07, 6.45) is 17.9. The maximum Gasteiger partial charge on any atom is 0.335 e. The third-order valence-corrected chi connectivity index (χ3v) is 18.6. The van der Waals surface area contributed by atoms with Gasteiger partial charge in [-0.3, -0.25) is 4.99 Å². The molecular formula is C86H86N2O5. The van der Waals surface area contributed by atoms with E-state index in [1.54, 1.807) is 18.2 Å². The Morgan fingerprint density at radius 2 is 0.882 bits per heavy atom. The number of carboxylic acid groups (broad SMARTS) is 1. The number of fused-ring (bicyclic) bond motifs is 7. The van der Waals surface area contributed by atoms with Gasteiger partial charge in [-0.2, -0.15) is 0 Å². The van der Waals surface area contributed by atoms with Gasteiger partial charge in [0.2, 0.25) is 0 Å². The number of hydrogen-bond donors (Lipinski definition) is 1. The Morgan fingerprint density at radius 1 is 0.419 bits per heavy atom. The van der Waals surface area contributed by atoms with Gasteiger partial charge in [0.15, 0.2) is 0 Å². The molecule has 0 amide bonds. The summed E-state index contributed by atoms with van der Waals surface area (Å²) in [4.78, 5) is 19.1. The standard InChI is InChI=1S/C86H86N2O5/c1-55(2)45-46-91-79-47-59(23-32-63-33-24-60(48-80(63)92-53-56(3)4)25-34-64-35-26-61(49-81(64)93-54-57(5)6)29-44-82-86(11,12)77-50-65(83(89)90)36-43-78(77)87-82)22-31-62(79)30-21-58-27-37-66(38-28-58)88(67-40-42-75-72(51-67)70-18-14-16-20-74(70)84(75,7)8)68-39-41-71-69-17-13-15-19-73(69)85(9,10)76(71)52-68/h13-44,47-52,55-57H,45-46,53-54H2,1-12H3,(H,89,90)/b30-21+,32-23+,34-25+,44-29+. The molecule has 0 saturated heterocycles. The molecule has 0 atom stereocenters. The van der Waals surface area contributed by atoms with Crippen molar-refractivity contribution in [2.24, 2.45) is 22.7 Å². The number of nitrogens with zero attached hydrogens (tertiary/aromatic N) is 2. The van der Waals surface area contributed by atoms with E-state index in [-0.39, 0.29) is 16.4 Å². The predicted octanol–water partition coefficient (Wildman–Crippen LogP) is 22.6. The van der Waals surface area contributed by atoms with E-state index in [9.17, 15) is 9.90 Å². The Morgan fingerprint density at radius 3 is 1.44 bits per heavy atom. The Balaban J connectivity index is 0.796. The average Bonchev–Trinajstić information content (AvgIpc) is 1.60. The van der Waals surface area contributed by atoms with E-state index >= 15 is 0 Å². The van der Waals surface area contributed by atoms with Crippen molar-refractivity contribution in [1.82, 2.24) is 0 Å². The largest absolute Gasteiger partial charge is 0.493 e. The normalized spacial score (nSPS) is 14.7. The van der Waals surface area contributed by atoms with Gasteiger partial charge < -0.3 is 24.2 Å². The first-order valence-electron chi connectivity index (χ1n) is 33.0. The molecule has 0 saturated carbocycles. The van der Waals surface area contributed by atoms with Crippen LogP contribution in [-0.2, 0) is 16.2 Å². The molecule has 0 fully saturated rings. The lowest BCUT2D eigenvalue weighted by molar-refractivity contribution is 0.0696. The number of carbonyl (C=O) groups is 1. The molecule has 7 nitrogen and oxygen atoms in total. The van der Waals surface area contributed by atoms with Crippen LogP contribution in [0, 0.1) is 17.8 Å². The zero-order valence-corrected chi connectivity index (χ0v) is 56.0. The second-order valence-electron chi connectivity index (χ2n) is 28.1. The number of aromatic carboxylic acids is 1. The number of carboxylic acids is 1. The molecule has 2 aliphatic carbocycles. The number of aliphatic imine (C=N–C) groups is 1. The van der Waals surface area contributed by atoms with Crippen molar-refractivity contribution in [1.29, 1.82) is 0 Å². The number of rotatable bonds is 22. The van der Waals surface area contributed by atoms with Crippen LogP contribution in [0.4, 0.5) is 22.7 Å². The minimum absolute atomic E-state index is 0.0864. The second kappa shape index (κ2) is 26.1. The molecule has 93 heavy (non-hydrogen) atoms. The molecule has 9 aromatic carbocycles. The highest BCUT2D eigenvalue weighted by Gasteiger charge is 2.38. The highest BCUT2D eigenvalue weighted by molar-refractivity contribution is 6.11. The van der Waals surface area contributed by atoms with Crippen LogP contribution in [0.1, 0.15) is 167 Å². The minimum atomic E-state index is -0.945. The first-order valence-corrected chi connectivity index (χ1v) is 33.0. The van der Waals surface area contributed by atoms with Crippen molar-refractivity contribution >= 4 is 77.0 Å². The molecule has 1 heterocycles. The van der Waals surface area contributed by atoms with Crippen LogP contribution in [0.5, 0.6) is 17.2 Å². The fourth-order valence-electron chi connectivity index (χ4n) is 13.2. The Labute approximate surface area is 551 Å². The molecule has 7 heteroatoms. The maximum atomic E-state index is 11.8. The van der Waals surface area contributed by atoms with Crippen LogP contribution in [-0.4, -0.2) is 36.6 Å². The molecule has 0 bridgehead atoms. The molecule has 9 aromatic rings. The van der Waals surface area contributed by atoms with Gasteiger partial charge in [0.1, 0.15) is 17.2 Å². The fraction of sp³-hybridized carbons (Fsp3) is 0.256. The summed E-state index contributed by atoms with van der Waals surface area (Å²) in [5.74, 6) is 2.67. The number of allylic oxidation sites excluding steroid dienone is 1. The van der Waals surface area contributed by atoms with E-state index in [0.29, 0.717) is 37.6 Å². The monoisotopic (exact) mass is 1230 g/mol. The first kappa shape index (κ1) is 63.4. The summed E-state index contributed by atoms with van der Waals surface area (Å²) < 4.78 is 19.6. The van der Waals surface area contributed by atoms with Crippen LogP contribution >= 0.6 is 0 Å². The quantitative estimate of drug-likeness (QED) is 0.0681. The third kappa shape index (κ3) is 13.2. The van der Waals surface area contributed by atoms with Crippen molar-refractivity contribution in [3.63, 3.8) is 0 Å². The number of ether oxygens (including phenoxy) is 3. The predicted molar refractivity (Wildman–Crippen MR) is 391 cm³/mol. The summed E-state index contributed by atoms with van der Waals surface area (Å²) in [5, 5.41) is 9.65. The van der Waals surface area contributed by atoms with Gasteiger partial charge in [0.05, 0.1) is 36.8 Å². The summed E-state index contributed by atoms with van der Waals surface area (Å²) in [6, 6.07) is 65.0. The number of hydrogen-bond acceptors (Lipinski definition) is 6. The van der Waals surface area contributed by atoms with Crippen LogP contribution < -0.4 is 19.1 Å². The number of anilines is 3. The molecule has 0 unspecified atom stereocenters. The molecule has 0 aromatic heterocycles. The zero-order chi connectivity index (χ0) is 65.3. The van der Waals surface area contributed by atoms with Gasteiger partial charge in [-0.15, -0.1) is 0 Å². The van der Waals surface area contributed by atoms with E-state index in [1.807, 2.05) is 6.08 Å². The van der Waals surface area contributed by atoms with Gasteiger partial charge >= 0.3 is 5.97 Å². The molecule has 1 aliphatic heterocycles. The van der Waals surface area contributed by atoms with E-state index in [1.165, 1.54) is 44.5 Å². The van der Waals surface area contributed by atoms with Crippen molar-refractivity contribution < 1.29 is 24.1 Å². The summed E-state index contributed by atoms with van der Waals surface area (Å²) >= 11 is 0. The molecule has 1 N–H and O–H groups in total. The van der Waals surface area contributed by atoms with Crippen LogP contribution in [0.2, 0.25) is 0 Å². The highest BCUT2D eigenvalue weighted by atomic mass is 16.5. The Bertz CT molecular complexity index is 4470. The molecule has 0 radical (unpaired) electrons. The molecule has 3 aliphatic rings. The molecular weight excluding hydrogens is 1140 g/mol. The smallest absolute Gasteiger partial charge is 0.335 e. The Hall–Kier alpha value is -9.72. The van der Waals surface area contributed by atoms with Gasteiger partial charge in [0, 0.05) is 50.0 Å². The topological polar surface area (TPSA) is 80.6 Å².